The van der Waals surface area contributed by atoms with E-state index in [1.165, 1.54) is 6.07 Å². The van der Waals surface area contributed by atoms with Crippen molar-refractivity contribution >= 4 is 0 Å². The van der Waals surface area contributed by atoms with Crippen LogP contribution in [-0.2, 0) is 10.3 Å². The molecule has 3 nitrogen and oxygen atoms in total. The molecule has 0 spiro atoms. The van der Waals surface area contributed by atoms with E-state index < -0.39 is 5.60 Å². The van der Waals surface area contributed by atoms with Crippen molar-refractivity contribution in [2.24, 2.45) is 5.92 Å². The Bertz CT molecular complexity index is 730. The van der Waals surface area contributed by atoms with Crippen LogP contribution < -0.4 is 5.32 Å². The maximum Gasteiger partial charge on any atom is 0.123 e. The second kappa shape index (κ2) is 9.45. The normalized spacial score (nSPS) is 19.6. The van der Waals surface area contributed by atoms with Crippen LogP contribution in [-0.4, -0.2) is 31.9 Å². The Labute approximate surface area is 161 Å². The van der Waals surface area contributed by atoms with Crippen molar-refractivity contribution in [1.29, 1.82) is 0 Å². The van der Waals surface area contributed by atoms with Crippen LogP contribution in [0.2, 0.25) is 0 Å². The zero-order valence-electron chi connectivity index (χ0n) is 16.1. The molecule has 1 unspecified atom stereocenters. The summed E-state index contributed by atoms with van der Waals surface area (Å²) < 4.78 is 19.0. The molecule has 2 aromatic carbocycles. The third kappa shape index (κ3) is 4.75. The highest BCUT2D eigenvalue weighted by molar-refractivity contribution is 5.68. The molecule has 1 fully saturated rings. The van der Waals surface area contributed by atoms with Crippen LogP contribution in [0.15, 0.2) is 48.5 Å². The molecule has 2 atom stereocenters. The molecule has 0 radical (unpaired) electrons. The quantitative estimate of drug-likeness (QED) is 0.672. The molecule has 4 heteroatoms. The maximum absolute atomic E-state index is 13.8. The van der Waals surface area contributed by atoms with Crippen molar-refractivity contribution in [1.82, 2.24) is 5.32 Å². The molecule has 0 bridgehead atoms. The Morgan fingerprint density at radius 1 is 1.19 bits per heavy atom. The van der Waals surface area contributed by atoms with Crippen molar-refractivity contribution < 1.29 is 14.2 Å². The molecule has 1 aliphatic rings. The Balaban J connectivity index is 1.98. The van der Waals surface area contributed by atoms with E-state index in [0.29, 0.717) is 13.0 Å². The number of aliphatic hydroxyl groups is 1. The SMILES string of the molecule is COCCCC[C@@](O)(c1ccccc1-c1cccc(F)c1)C1CCCNC1. The summed E-state index contributed by atoms with van der Waals surface area (Å²) in [5.41, 5.74) is 1.69. The van der Waals surface area contributed by atoms with Crippen LogP contribution >= 0.6 is 0 Å². The lowest BCUT2D eigenvalue weighted by Crippen LogP contribution is -2.44. The molecule has 0 saturated carbocycles. The smallest absolute Gasteiger partial charge is 0.123 e. The van der Waals surface area contributed by atoms with E-state index in [1.54, 1.807) is 19.2 Å². The minimum atomic E-state index is -0.940. The fourth-order valence-corrected chi connectivity index (χ4v) is 4.23. The Morgan fingerprint density at radius 2 is 2.04 bits per heavy atom. The van der Waals surface area contributed by atoms with E-state index in [1.807, 2.05) is 30.3 Å². The minimum Gasteiger partial charge on any atom is -0.385 e. The molecule has 0 amide bonds. The lowest BCUT2D eigenvalue weighted by atomic mass is 9.72. The van der Waals surface area contributed by atoms with E-state index in [-0.39, 0.29) is 11.7 Å². The molecule has 1 heterocycles. The highest BCUT2D eigenvalue weighted by Crippen LogP contribution is 2.42. The summed E-state index contributed by atoms with van der Waals surface area (Å²) in [5.74, 6) is -0.117. The van der Waals surface area contributed by atoms with Gasteiger partial charge < -0.3 is 15.2 Å². The summed E-state index contributed by atoms with van der Waals surface area (Å²) in [7, 11) is 1.70. The molecular weight excluding hydrogens is 341 g/mol. The first-order valence-electron chi connectivity index (χ1n) is 9.92. The van der Waals surface area contributed by atoms with Crippen LogP contribution in [0.3, 0.4) is 0 Å². The van der Waals surface area contributed by atoms with Gasteiger partial charge in [-0.05, 0) is 67.5 Å². The van der Waals surface area contributed by atoms with Crippen LogP contribution in [0.1, 0.15) is 37.7 Å². The number of nitrogens with one attached hydrogen (secondary N) is 1. The van der Waals surface area contributed by atoms with Crippen LogP contribution in [0.5, 0.6) is 0 Å². The average Bonchev–Trinajstić information content (AvgIpc) is 2.72. The molecule has 1 saturated heterocycles. The fraction of sp³-hybridized carbons (Fsp3) is 0.478. The van der Waals surface area contributed by atoms with E-state index in [9.17, 15) is 9.50 Å². The number of hydrogen-bond acceptors (Lipinski definition) is 3. The molecule has 2 N–H and O–H groups in total. The monoisotopic (exact) mass is 371 g/mol. The van der Waals surface area contributed by atoms with Crippen molar-refractivity contribution in [3.8, 4) is 11.1 Å². The molecule has 1 aliphatic heterocycles. The molecule has 0 aromatic heterocycles. The molecule has 27 heavy (non-hydrogen) atoms. The van der Waals surface area contributed by atoms with Gasteiger partial charge in [0.25, 0.3) is 0 Å². The Morgan fingerprint density at radius 3 is 2.78 bits per heavy atom. The van der Waals surface area contributed by atoms with E-state index in [2.05, 4.69) is 5.32 Å². The van der Waals surface area contributed by atoms with Gasteiger partial charge in [0.05, 0.1) is 5.60 Å². The van der Waals surface area contributed by atoms with Crippen LogP contribution in [0.25, 0.3) is 11.1 Å². The highest BCUT2D eigenvalue weighted by Gasteiger charge is 2.40. The average molecular weight is 371 g/mol. The summed E-state index contributed by atoms with van der Waals surface area (Å²) in [5, 5.41) is 15.4. The number of piperidine rings is 1. The second-order valence-corrected chi connectivity index (χ2v) is 7.47. The Hall–Kier alpha value is -1.75. The summed E-state index contributed by atoms with van der Waals surface area (Å²) in [4.78, 5) is 0. The second-order valence-electron chi connectivity index (χ2n) is 7.47. The summed E-state index contributed by atoms with van der Waals surface area (Å²) in [6.07, 6.45) is 4.53. The van der Waals surface area contributed by atoms with Gasteiger partial charge in [-0.3, -0.25) is 0 Å². The summed E-state index contributed by atoms with van der Waals surface area (Å²) >= 11 is 0. The zero-order valence-corrected chi connectivity index (χ0v) is 16.1. The van der Waals surface area contributed by atoms with Crippen molar-refractivity contribution in [2.75, 3.05) is 26.8 Å². The topological polar surface area (TPSA) is 41.5 Å². The van der Waals surface area contributed by atoms with E-state index in [0.717, 1.165) is 55.5 Å². The summed E-state index contributed by atoms with van der Waals surface area (Å²) in [6.45, 7) is 2.50. The van der Waals surface area contributed by atoms with Gasteiger partial charge in [0.1, 0.15) is 5.82 Å². The van der Waals surface area contributed by atoms with Gasteiger partial charge in [-0.25, -0.2) is 4.39 Å². The third-order valence-corrected chi connectivity index (χ3v) is 5.66. The van der Waals surface area contributed by atoms with Gasteiger partial charge >= 0.3 is 0 Å². The molecule has 3 rings (SSSR count). The number of rotatable bonds is 8. The number of unbranched alkanes of at least 4 members (excludes halogenated alkanes) is 1. The number of halogens is 1. The minimum absolute atomic E-state index is 0.142. The predicted octanol–water partition coefficient (Wildman–Crippen LogP) is 4.50. The van der Waals surface area contributed by atoms with Gasteiger partial charge in [-0.2, -0.15) is 0 Å². The predicted molar refractivity (Wildman–Crippen MR) is 107 cm³/mol. The highest BCUT2D eigenvalue weighted by atomic mass is 19.1. The molecule has 0 aliphatic carbocycles. The molecule has 2 aromatic rings. The standard InChI is InChI=1S/C23H30FNO2/c1-27-15-5-4-13-23(26,19-9-7-14-25-17-19)22-12-3-2-11-21(22)18-8-6-10-20(24)16-18/h2-3,6,8,10-12,16,19,25-26H,4-5,7,9,13-15,17H2,1H3/t19?,23-/m0/s1. The van der Waals surface area contributed by atoms with Crippen LogP contribution in [0.4, 0.5) is 4.39 Å². The number of methoxy groups -OCH3 is 1. The Kier molecular flexibility index (Phi) is 7.00. The molecular formula is C23H30FNO2. The third-order valence-electron chi connectivity index (χ3n) is 5.66. The van der Waals surface area contributed by atoms with Crippen molar-refractivity contribution in [3.05, 3.63) is 59.9 Å². The summed E-state index contributed by atoms with van der Waals surface area (Å²) in [6, 6.07) is 14.5. The van der Waals surface area contributed by atoms with Gasteiger partial charge in [0, 0.05) is 26.2 Å². The molecule has 146 valence electrons. The van der Waals surface area contributed by atoms with E-state index in [4.69, 9.17) is 4.74 Å². The lowest BCUT2D eigenvalue weighted by Gasteiger charge is -2.40. The van der Waals surface area contributed by atoms with Crippen molar-refractivity contribution in [3.63, 3.8) is 0 Å². The van der Waals surface area contributed by atoms with Crippen LogP contribution in [0, 0.1) is 11.7 Å². The van der Waals surface area contributed by atoms with Gasteiger partial charge in [-0.15, -0.1) is 0 Å². The van der Waals surface area contributed by atoms with Gasteiger partial charge in [0.2, 0.25) is 0 Å². The number of benzene rings is 2. The first-order chi connectivity index (χ1) is 13.1. The first kappa shape index (κ1) is 20.0. The van der Waals surface area contributed by atoms with Gasteiger partial charge in [-0.1, -0.05) is 36.4 Å². The zero-order chi connectivity index (χ0) is 19.1. The van der Waals surface area contributed by atoms with Crippen molar-refractivity contribution in [2.45, 2.75) is 37.7 Å². The fourth-order valence-electron chi connectivity index (χ4n) is 4.23. The van der Waals surface area contributed by atoms with Gasteiger partial charge in [0.15, 0.2) is 0 Å². The lowest BCUT2D eigenvalue weighted by molar-refractivity contribution is -0.0429. The largest absolute Gasteiger partial charge is 0.385 e. The number of ether oxygens (including phenoxy) is 1. The van der Waals surface area contributed by atoms with E-state index >= 15 is 0 Å². The number of hydrogen-bond donors (Lipinski definition) is 2. The first-order valence-corrected chi connectivity index (χ1v) is 9.92. The maximum atomic E-state index is 13.8.